The molecule has 0 radical (unpaired) electrons. The van der Waals surface area contributed by atoms with Crippen molar-refractivity contribution < 1.29 is 4.74 Å². The van der Waals surface area contributed by atoms with E-state index in [2.05, 4.69) is 65.3 Å². The van der Waals surface area contributed by atoms with E-state index in [-0.39, 0.29) is 0 Å². The molecule has 30 heavy (non-hydrogen) atoms. The number of aromatic nitrogens is 1. The number of ether oxygens (including phenoxy) is 1. The van der Waals surface area contributed by atoms with Gasteiger partial charge >= 0.3 is 0 Å². The van der Waals surface area contributed by atoms with Gasteiger partial charge in [-0.3, -0.25) is 9.88 Å². The molecule has 3 heteroatoms. The van der Waals surface area contributed by atoms with Gasteiger partial charge in [0.25, 0.3) is 0 Å². The van der Waals surface area contributed by atoms with Crippen molar-refractivity contribution in [3.63, 3.8) is 0 Å². The van der Waals surface area contributed by atoms with Crippen molar-refractivity contribution >= 4 is 10.8 Å². The SMILES string of the molecule is CCCCc1ccc(Cc2nccc3cc(OCCN4CCCCC4)ccc23)cc1. The first kappa shape index (κ1) is 20.9. The van der Waals surface area contributed by atoms with E-state index in [1.807, 2.05) is 6.20 Å². The first-order valence-electron chi connectivity index (χ1n) is 11.6. The van der Waals surface area contributed by atoms with Gasteiger partial charge in [0.15, 0.2) is 0 Å². The molecule has 2 heterocycles. The van der Waals surface area contributed by atoms with E-state index in [1.54, 1.807) is 0 Å². The smallest absolute Gasteiger partial charge is 0.120 e. The lowest BCUT2D eigenvalue weighted by Crippen LogP contribution is -2.33. The maximum absolute atomic E-state index is 6.06. The molecule has 1 aliphatic rings. The van der Waals surface area contributed by atoms with Gasteiger partial charge in [0.2, 0.25) is 0 Å². The lowest BCUT2D eigenvalue weighted by Gasteiger charge is -2.26. The van der Waals surface area contributed by atoms with Crippen LogP contribution in [-0.4, -0.2) is 36.1 Å². The summed E-state index contributed by atoms with van der Waals surface area (Å²) in [7, 11) is 0. The summed E-state index contributed by atoms with van der Waals surface area (Å²) in [5, 5.41) is 2.42. The molecule has 0 spiro atoms. The fourth-order valence-electron chi connectivity index (χ4n) is 4.32. The highest BCUT2D eigenvalue weighted by Gasteiger charge is 2.10. The predicted molar refractivity (Wildman–Crippen MR) is 125 cm³/mol. The van der Waals surface area contributed by atoms with E-state index in [1.165, 1.54) is 73.5 Å². The molecule has 0 amide bonds. The van der Waals surface area contributed by atoms with Gasteiger partial charge in [-0.15, -0.1) is 0 Å². The van der Waals surface area contributed by atoms with E-state index in [4.69, 9.17) is 4.74 Å². The average Bonchev–Trinajstić information content (AvgIpc) is 2.79. The van der Waals surface area contributed by atoms with E-state index in [0.717, 1.165) is 31.0 Å². The maximum atomic E-state index is 6.06. The first-order chi connectivity index (χ1) is 14.8. The topological polar surface area (TPSA) is 25.4 Å². The third-order valence-electron chi connectivity index (χ3n) is 6.16. The second-order valence-electron chi connectivity index (χ2n) is 8.49. The molecule has 1 aliphatic heterocycles. The first-order valence-corrected chi connectivity index (χ1v) is 11.6. The summed E-state index contributed by atoms with van der Waals surface area (Å²) >= 11 is 0. The monoisotopic (exact) mass is 402 g/mol. The Morgan fingerprint density at radius 3 is 2.53 bits per heavy atom. The predicted octanol–water partition coefficient (Wildman–Crippen LogP) is 6.03. The van der Waals surface area contributed by atoms with Crippen LogP contribution in [-0.2, 0) is 12.8 Å². The van der Waals surface area contributed by atoms with Gasteiger partial charge in [0.1, 0.15) is 12.4 Å². The number of likely N-dealkylation sites (tertiary alicyclic amines) is 1. The molecule has 3 aromatic rings. The fourth-order valence-corrected chi connectivity index (χ4v) is 4.32. The Labute approximate surface area is 181 Å². The van der Waals surface area contributed by atoms with Crippen LogP contribution in [0.25, 0.3) is 10.8 Å². The third kappa shape index (κ3) is 5.60. The quantitative estimate of drug-likeness (QED) is 0.437. The number of nitrogens with zero attached hydrogens (tertiary/aromatic N) is 2. The second kappa shape index (κ2) is 10.6. The molecule has 0 atom stereocenters. The molecule has 0 bridgehead atoms. The fraction of sp³-hybridized carbons (Fsp3) is 0.444. The van der Waals surface area contributed by atoms with Gasteiger partial charge in [0, 0.05) is 24.5 Å². The van der Waals surface area contributed by atoms with Crippen LogP contribution < -0.4 is 4.74 Å². The Bertz CT molecular complexity index is 929. The minimum atomic E-state index is 0.758. The van der Waals surface area contributed by atoms with E-state index >= 15 is 0 Å². The summed E-state index contributed by atoms with van der Waals surface area (Å²) in [6.45, 7) is 6.46. The van der Waals surface area contributed by atoms with Crippen molar-refractivity contribution in [2.75, 3.05) is 26.2 Å². The summed E-state index contributed by atoms with van der Waals surface area (Å²) in [5.74, 6) is 0.955. The normalized spacial score (nSPS) is 14.8. The highest BCUT2D eigenvalue weighted by Crippen LogP contribution is 2.24. The summed E-state index contributed by atoms with van der Waals surface area (Å²) in [6, 6.07) is 17.6. The van der Waals surface area contributed by atoms with E-state index in [9.17, 15) is 0 Å². The number of hydrogen-bond acceptors (Lipinski definition) is 3. The van der Waals surface area contributed by atoms with Gasteiger partial charge < -0.3 is 4.74 Å². The lowest BCUT2D eigenvalue weighted by atomic mass is 10.0. The summed E-state index contributed by atoms with van der Waals surface area (Å²) in [4.78, 5) is 7.19. The molecular formula is C27H34N2O. The minimum Gasteiger partial charge on any atom is -0.492 e. The van der Waals surface area contributed by atoms with Crippen LogP contribution in [0.3, 0.4) is 0 Å². The number of hydrogen-bond donors (Lipinski definition) is 0. The molecule has 1 aromatic heterocycles. The van der Waals surface area contributed by atoms with Crippen LogP contribution >= 0.6 is 0 Å². The van der Waals surface area contributed by atoms with Crippen LogP contribution in [0.4, 0.5) is 0 Å². The molecule has 1 fully saturated rings. The van der Waals surface area contributed by atoms with Gasteiger partial charge in [-0.25, -0.2) is 0 Å². The molecule has 1 saturated heterocycles. The molecule has 0 unspecified atom stereocenters. The maximum Gasteiger partial charge on any atom is 0.120 e. The van der Waals surface area contributed by atoms with E-state index < -0.39 is 0 Å². The van der Waals surface area contributed by atoms with Gasteiger partial charge in [-0.1, -0.05) is 44.0 Å². The van der Waals surface area contributed by atoms with Gasteiger partial charge in [-0.05, 0) is 79.6 Å². The van der Waals surface area contributed by atoms with Crippen LogP contribution in [0, 0.1) is 0 Å². The Morgan fingerprint density at radius 2 is 1.73 bits per heavy atom. The van der Waals surface area contributed by atoms with E-state index in [0.29, 0.717) is 0 Å². The molecule has 0 N–H and O–H groups in total. The number of unbranched alkanes of at least 4 members (excludes halogenated alkanes) is 1. The standard InChI is InChI=1S/C27H34N2O/c1-2-3-7-22-8-10-23(11-9-22)20-27-26-13-12-25(21-24(26)14-15-28-27)30-19-18-29-16-5-4-6-17-29/h8-15,21H,2-7,16-20H2,1H3. The number of piperidine rings is 1. The minimum absolute atomic E-state index is 0.758. The van der Waals surface area contributed by atoms with Gasteiger partial charge in [0.05, 0.1) is 5.69 Å². The van der Waals surface area contributed by atoms with Crippen LogP contribution in [0.15, 0.2) is 54.7 Å². The van der Waals surface area contributed by atoms with Crippen LogP contribution in [0.5, 0.6) is 5.75 Å². The zero-order chi connectivity index (χ0) is 20.6. The molecule has 0 aliphatic carbocycles. The number of pyridine rings is 1. The zero-order valence-electron chi connectivity index (χ0n) is 18.3. The molecular weight excluding hydrogens is 368 g/mol. The van der Waals surface area contributed by atoms with Crippen molar-refractivity contribution in [2.45, 2.75) is 51.9 Å². The molecule has 4 rings (SSSR count). The Hall–Kier alpha value is -2.39. The molecule has 2 aromatic carbocycles. The average molecular weight is 403 g/mol. The van der Waals surface area contributed by atoms with Crippen molar-refractivity contribution in [2.24, 2.45) is 0 Å². The third-order valence-corrected chi connectivity index (χ3v) is 6.16. The van der Waals surface area contributed by atoms with Crippen molar-refractivity contribution in [1.82, 2.24) is 9.88 Å². The van der Waals surface area contributed by atoms with Crippen molar-refractivity contribution in [3.8, 4) is 5.75 Å². The zero-order valence-corrected chi connectivity index (χ0v) is 18.3. The number of benzene rings is 2. The Morgan fingerprint density at radius 1 is 0.933 bits per heavy atom. The summed E-state index contributed by atoms with van der Waals surface area (Å²) in [6.07, 6.45) is 10.5. The highest BCUT2D eigenvalue weighted by molar-refractivity contribution is 5.86. The van der Waals surface area contributed by atoms with Gasteiger partial charge in [-0.2, -0.15) is 0 Å². The number of rotatable bonds is 9. The number of aryl methyl sites for hydroxylation is 1. The van der Waals surface area contributed by atoms with Crippen LogP contribution in [0.2, 0.25) is 0 Å². The van der Waals surface area contributed by atoms with Crippen LogP contribution in [0.1, 0.15) is 55.8 Å². The number of fused-ring (bicyclic) bond motifs is 1. The Balaban J connectivity index is 1.39. The largest absolute Gasteiger partial charge is 0.492 e. The summed E-state index contributed by atoms with van der Waals surface area (Å²) in [5.41, 5.74) is 3.88. The second-order valence-corrected chi connectivity index (χ2v) is 8.49. The van der Waals surface area contributed by atoms with Crippen molar-refractivity contribution in [1.29, 1.82) is 0 Å². The lowest BCUT2D eigenvalue weighted by molar-refractivity contribution is 0.183. The molecule has 3 nitrogen and oxygen atoms in total. The molecule has 0 saturated carbocycles. The van der Waals surface area contributed by atoms with Crippen molar-refractivity contribution in [3.05, 3.63) is 71.5 Å². The highest BCUT2D eigenvalue weighted by atomic mass is 16.5. The summed E-state index contributed by atoms with van der Waals surface area (Å²) < 4.78 is 6.06. The molecule has 158 valence electrons. The Kier molecular flexibility index (Phi) is 7.36.